The number of piperazine rings is 1. The number of carbonyl (C=O) groups is 1. The number of hydrogen-bond donors (Lipinski definition) is 0. The van der Waals surface area contributed by atoms with Crippen LogP contribution in [0, 0.1) is 11.3 Å². The Balaban J connectivity index is 2.29. The van der Waals surface area contributed by atoms with E-state index in [4.69, 9.17) is 4.74 Å². The summed E-state index contributed by atoms with van der Waals surface area (Å²) in [6.45, 7) is 8.63. The molecule has 0 saturated carbocycles. The van der Waals surface area contributed by atoms with E-state index in [2.05, 4.69) is 22.9 Å². The molecular formula is C18H25N3O2. The van der Waals surface area contributed by atoms with Crippen LogP contribution in [0.2, 0.25) is 0 Å². The van der Waals surface area contributed by atoms with Gasteiger partial charge in [-0.25, -0.2) is 4.79 Å². The summed E-state index contributed by atoms with van der Waals surface area (Å²) in [6.07, 6.45) is 0. The highest BCUT2D eigenvalue weighted by Gasteiger charge is 2.23. The maximum atomic E-state index is 11.9. The Morgan fingerprint density at radius 2 is 1.91 bits per heavy atom. The molecule has 1 fully saturated rings. The topological polar surface area (TPSA) is 56.6 Å². The van der Waals surface area contributed by atoms with E-state index in [-0.39, 0.29) is 5.97 Å². The molecule has 124 valence electrons. The summed E-state index contributed by atoms with van der Waals surface area (Å²) in [4.78, 5) is 16.6. The van der Waals surface area contributed by atoms with Crippen molar-refractivity contribution in [2.75, 3.05) is 40.3 Å². The highest BCUT2D eigenvalue weighted by atomic mass is 16.5. The molecule has 0 radical (unpaired) electrons. The van der Waals surface area contributed by atoms with Gasteiger partial charge in [-0.2, -0.15) is 5.26 Å². The lowest BCUT2D eigenvalue weighted by Gasteiger charge is -2.32. The summed E-state index contributed by atoms with van der Waals surface area (Å²) in [7, 11) is 3.51. The van der Waals surface area contributed by atoms with Crippen molar-refractivity contribution < 1.29 is 9.53 Å². The average molecular weight is 315 g/mol. The van der Waals surface area contributed by atoms with Gasteiger partial charge in [0.15, 0.2) is 0 Å². The first-order valence-electron chi connectivity index (χ1n) is 7.90. The van der Waals surface area contributed by atoms with Crippen molar-refractivity contribution in [1.29, 1.82) is 5.26 Å². The molecule has 0 unspecified atom stereocenters. The second kappa shape index (κ2) is 7.12. The fourth-order valence-corrected chi connectivity index (χ4v) is 2.71. The van der Waals surface area contributed by atoms with E-state index in [1.54, 1.807) is 6.07 Å². The molecule has 1 saturated heterocycles. The number of benzene rings is 1. The number of hydrogen-bond acceptors (Lipinski definition) is 5. The van der Waals surface area contributed by atoms with E-state index < -0.39 is 5.41 Å². The number of esters is 1. The van der Waals surface area contributed by atoms with Gasteiger partial charge in [-0.1, -0.05) is 6.07 Å². The quantitative estimate of drug-likeness (QED) is 0.796. The molecule has 1 aromatic rings. The van der Waals surface area contributed by atoms with E-state index in [0.29, 0.717) is 5.56 Å². The van der Waals surface area contributed by atoms with Crippen LogP contribution in [0.3, 0.4) is 0 Å². The highest BCUT2D eigenvalue weighted by Crippen LogP contribution is 2.26. The van der Waals surface area contributed by atoms with E-state index >= 15 is 0 Å². The Kier molecular flexibility index (Phi) is 5.40. The van der Waals surface area contributed by atoms with Gasteiger partial charge in [-0.05, 0) is 44.2 Å². The van der Waals surface area contributed by atoms with Crippen molar-refractivity contribution in [2.24, 2.45) is 0 Å². The van der Waals surface area contributed by atoms with Crippen molar-refractivity contribution in [3.05, 3.63) is 34.9 Å². The van der Waals surface area contributed by atoms with Crippen LogP contribution >= 0.6 is 0 Å². The third kappa shape index (κ3) is 4.31. The summed E-state index contributed by atoms with van der Waals surface area (Å²) < 4.78 is 4.85. The van der Waals surface area contributed by atoms with Gasteiger partial charge >= 0.3 is 5.97 Å². The first-order chi connectivity index (χ1) is 10.9. The van der Waals surface area contributed by atoms with E-state index in [9.17, 15) is 10.1 Å². The molecule has 1 heterocycles. The zero-order valence-corrected chi connectivity index (χ0v) is 14.4. The number of nitrogens with zero attached hydrogens (tertiary/aromatic N) is 3. The molecule has 0 amide bonds. The second-order valence-electron chi connectivity index (χ2n) is 6.73. The molecule has 0 aromatic heterocycles. The number of carbonyl (C=O) groups excluding carboxylic acids is 1. The predicted molar refractivity (Wildman–Crippen MR) is 89.2 cm³/mol. The van der Waals surface area contributed by atoms with Crippen molar-refractivity contribution in [3.63, 3.8) is 0 Å². The molecule has 1 aliphatic heterocycles. The van der Waals surface area contributed by atoms with Crippen LogP contribution in [0.4, 0.5) is 0 Å². The Morgan fingerprint density at radius 1 is 1.26 bits per heavy atom. The van der Waals surface area contributed by atoms with Crippen LogP contribution in [0.25, 0.3) is 0 Å². The fourth-order valence-electron chi connectivity index (χ4n) is 2.71. The lowest BCUT2D eigenvalue weighted by Crippen LogP contribution is -2.43. The molecule has 5 heteroatoms. The number of likely N-dealkylation sites (N-methyl/N-ethyl adjacent to an activating group) is 1. The van der Waals surface area contributed by atoms with Gasteiger partial charge in [0.1, 0.15) is 0 Å². The van der Waals surface area contributed by atoms with Gasteiger partial charge in [0.05, 0.1) is 24.2 Å². The molecule has 0 spiro atoms. The van der Waals surface area contributed by atoms with Gasteiger partial charge in [0.25, 0.3) is 0 Å². The van der Waals surface area contributed by atoms with Crippen molar-refractivity contribution in [3.8, 4) is 6.07 Å². The molecule has 1 aliphatic rings. The Morgan fingerprint density at radius 3 is 2.48 bits per heavy atom. The predicted octanol–water partition coefficient (Wildman–Crippen LogP) is 2.02. The fraction of sp³-hybridized carbons (Fsp3) is 0.556. The standard InChI is InChI=1S/C18H25N3O2/c1-18(2,13-19)16-10-14(9-15(11-16)17(22)23-4)12-21-7-5-20(3)6-8-21/h9-11H,5-8,12H2,1-4H3. The number of rotatable bonds is 4. The van der Waals surface area contributed by atoms with Gasteiger partial charge in [-0.15, -0.1) is 0 Å². The molecule has 0 atom stereocenters. The summed E-state index contributed by atoms with van der Waals surface area (Å²) >= 11 is 0. The molecule has 23 heavy (non-hydrogen) atoms. The van der Waals surface area contributed by atoms with E-state index in [0.717, 1.165) is 43.9 Å². The van der Waals surface area contributed by atoms with Crippen molar-refractivity contribution in [2.45, 2.75) is 25.8 Å². The van der Waals surface area contributed by atoms with Crippen LogP contribution in [-0.4, -0.2) is 56.1 Å². The monoisotopic (exact) mass is 315 g/mol. The van der Waals surface area contributed by atoms with Gasteiger partial charge in [-0.3, -0.25) is 4.90 Å². The van der Waals surface area contributed by atoms with Gasteiger partial charge in [0.2, 0.25) is 0 Å². The SMILES string of the molecule is COC(=O)c1cc(CN2CCN(C)CC2)cc(C(C)(C)C#N)c1. The van der Waals surface area contributed by atoms with Gasteiger partial charge in [0, 0.05) is 32.7 Å². The Bertz CT molecular complexity index is 611. The van der Waals surface area contributed by atoms with Crippen LogP contribution < -0.4 is 0 Å². The molecule has 0 bridgehead atoms. The zero-order valence-electron chi connectivity index (χ0n) is 14.4. The van der Waals surface area contributed by atoms with E-state index in [1.807, 2.05) is 26.0 Å². The zero-order chi connectivity index (χ0) is 17.0. The van der Waals surface area contributed by atoms with Crippen LogP contribution in [0.1, 0.15) is 35.3 Å². The van der Waals surface area contributed by atoms with Gasteiger partial charge < -0.3 is 9.64 Å². The lowest BCUT2D eigenvalue weighted by atomic mass is 9.84. The Hall–Kier alpha value is -1.90. The highest BCUT2D eigenvalue weighted by molar-refractivity contribution is 5.89. The third-order valence-electron chi connectivity index (χ3n) is 4.42. The third-order valence-corrected chi connectivity index (χ3v) is 4.42. The molecule has 5 nitrogen and oxygen atoms in total. The normalized spacial score (nSPS) is 16.8. The summed E-state index contributed by atoms with van der Waals surface area (Å²) in [5, 5.41) is 9.39. The van der Waals surface area contributed by atoms with Crippen LogP contribution in [-0.2, 0) is 16.7 Å². The first kappa shape index (κ1) is 17.5. The Labute approximate surface area is 138 Å². The maximum Gasteiger partial charge on any atom is 0.337 e. The van der Waals surface area contributed by atoms with Crippen LogP contribution in [0.5, 0.6) is 0 Å². The molecular weight excluding hydrogens is 290 g/mol. The molecule has 2 rings (SSSR count). The number of methoxy groups -OCH3 is 1. The summed E-state index contributed by atoms with van der Waals surface area (Å²) in [6, 6.07) is 7.98. The second-order valence-corrected chi connectivity index (χ2v) is 6.73. The first-order valence-corrected chi connectivity index (χ1v) is 7.90. The smallest absolute Gasteiger partial charge is 0.337 e. The minimum Gasteiger partial charge on any atom is -0.465 e. The number of ether oxygens (including phenoxy) is 1. The summed E-state index contributed by atoms with van der Waals surface area (Å²) in [5.74, 6) is -0.361. The number of nitriles is 1. The molecule has 1 aromatic carbocycles. The molecule has 0 aliphatic carbocycles. The van der Waals surface area contributed by atoms with Crippen molar-refractivity contribution >= 4 is 5.97 Å². The minimum atomic E-state index is -0.638. The molecule has 0 N–H and O–H groups in total. The lowest BCUT2D eigenvalue weighted by molar-refractivity contribution is 0.0600. The van der Waals surface area contributed by atoms with Crippen LogP contribution in [0.15, 0.2) is 18.2 Å². The summed E-state index contributed by atoms with van der Waals surface area (Å²) in [5.41, 5.74) is 1.78. The minimum absolute atomic E-state index is 0.361. The maximum absolute atomic E-state index is 11.9. The van der Waals surface area contributed by atoms with Crippen molar-refractivity contribution in [1.82, 2.24) is 9.80 Å². The average Bonchev–Trinajstić information content (AvgIpc) is 2.56. The largest absolute Gasteiger partial charge is 0.465 e. The van der Waals surface area contributed by atoms with E-state index in [1.165, 1.54) is 7.11 Å².